The zero-order valence-corrected chi connectivity index (χ0v) is 14.5. The maximum Gasteiger partial charge on any atom is 0.306 e. The second-order valence-corrected chi connectivity index (χ2v) is 5.98. The molecule has 0 atom stereocenters. The maximum atomic E-state index is 11.4. The van der Waals surface area contributed by atoms with E-state index < -0.39 is 0 Å². The van der Waals surface area contributed by atoms with E-state index in [0.717, 1.165) is 29.8 Å². The van der Waals surface area contributed by atoms with E-state index >= 15 is 0 Å². The maximum absolute atomic E-state index is 11.4. The number of ether oxygens (including phenoxy) is 1. The molecule has 1 aromatic heterocycles. The van der Waals surface area contributed by atoms with Crippen LogP contribution in [0.1, 0.15) is 52.7 Å². The molecule has 0 aromatic carbocycles. The molecular formula is C16H28N2O2S. The summed E-state index contributed by atoms with van der Waals surface area (Å²) in [4.78, 5) is 18.4. The van der Waals surface area contributed by atoms with E-state index in [4.69, 9.17) is 4.74 Å². The number of hydrogen-bond acceptors (Lipinski definition) is 5. The SMILES string of the molecule is CCOC(=O)CCc1csc(N(CC)CC(CC)CC)n1. The molecule has 1 heterocycles. The second kappa shape index (κ2) is 9.77. The number of rotatable bonds is 10. The van der Waals surface area contributed by atoms with Gasteiger partial charge in [0, 0.05) is 24.9 Å². The summed E-state index contributed by atoms with van der Waals surface area (Å²) in [5.41, 5.74) is 0.992. The van der Waals surface area contributed by atoms with Crippen LogP contribution in [-0.2, 0) is 16.0 Å². The van der Waals surface area contributed by atoms with Crippen LogP contribution in [0.4, 0.5) is 5.13 Å². The molecule has 0 aliphatic carbocycles. The molecule has 0 amide bonds. The molecular weight excluding hydrogens is 284 g/mol. The molecule has 0 radical (unpaired) electrons. The Morgan fingerprint density at radius 3 is 2.62 bits per heavy atom. The third-order valence-corrected chi connectivity index (χ3v) is 4.67. The van der Waals surface area contributed by atoms with E-state index in [9.17, 15) is 4.79 Å². The molecule has 0 aliphatic heterocycles. The van der Waals surface area contributed by atoms with Gasteiger partial charge < -0.3 is 9.64 Å². The van der Waals surface area contributed by atoms with E-state index in [1.165, 1.54) is 12.8 Å². The predicted molar refractivity (Wildman–Crippen MR) is 89.0 cm³/mol. The fourth-order valence-electron chi connectivity index (χ4n) is 2.22. The summed E-state index contributed by atoms with van der Waals surface area (Å²) in [6.45, 7) is 11.0. The van der Waals surface area contributed by atoms with E-state index in [2.05, 4.69) is 36.0 Å². The average molecular weight is 312 g/mol. The monoisotopic (exact) mass is 312 g/mol. The van der Waals surface area contributed by atoms with E-state index in [1.54, 1.807) is 11.3 Å². The number of anilines is 1. The zero-order valence-electron chi connectivity index (χ0n) is 13.7. The van der Waals surface area contributed by atoms with Crippen molar-refractivity contribution in [2.45, 2.75) is 53.4 Å². The van der Waals surface area contributed by atoms with Crippen molar-refractivity contribution in [2.24, 2.45) is 5.92 Å². The quantitative estimate of drug-likeness (QED) is 0.615. The molecule has 0 aliphatic rings. The zero-order chi connectivity index (χ0) is 15.7. The van der Waals surface area contributed by atoms with E-state index in [0.29, 0.717) is 19.4 Å². The van der Waals surface area contributed by atoms with Gasteiger partial charge in [0.2, 0.25) is 0 Å². The lowest BCUT2D eigenvalue weighted by Crippen LogP contribution is -2.28. The van der Waals surface area contributed by atoms with Crippen molar-refractivity contribution < 1.29 is 9.53 Å². The summed E-state index contributed by atoms with van der Waals surface area (Å²) < 4.78 is 4.95. The third-order valence-electron chi connectivity index (χ3n) is 3.72. The molecule has 0 unspecified atom stereocenters. The van der Waals surface area contributed by atoms with Gasteiger partial charge >= 0.3 is 5.97 Å². The van der Waals surface area contributed by atoms with Crippen molar-refractivity contribution in [1.29, 1.82) is 0 Å². The van der Waals surface area contributed by atoms with E-state index in [-0.39, 0.29) is 5.97 Å². The second-order valence-electron chi connectivity index (χ2n) is 5.15. The highest BCUT2D eigenvalue weighted by molar-refractivity contribution is 7.13. The highest BCUT2D eigenvalue weighted by Crippen LogP contribution is 2.23. The first-order valence-electron chi connectivity index (χ1n) is 7.99. The van der Waals surface area contributed by atoms with Crippen molar-refractivity contribution in [3.63, 3.8) is 0 Å². The summed E-state index contributed by atoms with van der Waals surface area (Å²) in [5.74, 6) is 0.577. The Kier molecular flexibility index (Phi) is 8.35. The number of thiazole rings is 1. The van der Waals surface area contributed by atoms with Crippen LogP contribution in [-0.4, -0.2) is 30.6 Å². The molecule has 0 N–H and O–H groups in total. The lowest BCUT2D eigenvalue weighted by Gasteiger charge is -2.24. The van der Waals surface area contributed by atoms with Crippen LogP contribution in [0.25, 0.3) is 0 Å². The number of carbonyl (C=O) groups excluding carboxylic acids is 1. The Balaban J connectivity index is 2.57. The van der Waals surface area contributed by atoms with Gasteiger partial charge in [-0.1, -0.05) is 26.7 Å². The van der Waals surface area contributed by atoms with Crippen LogP contribution < -0.4 is 4.90 Å². The summed E-state index contributed by atoms with van der Waals surface area (Å²) in [5, 5.41) is 3.13. The van der Waals surface area contributed by atoms with Crippen LogP contribution in [0, 0.1) is 5.92 Å². The lowest BCUT2D eigenvalue weighted by molar-refractivity contribution is -0.143. The summed E-state index contributed by atoms with van der Waals surface area (Å²) in [7, 11) is 0. The van der Waals surface area contributed by atoms with Crippen molar-refractivity contribution >= 4 is 22.4 Å². The van der Waals surface area contributed by atoms with Crippen LogP contribution >= 0.6 is 11.3 Å². The Bertz CT molecular complexity index is 416. The number of carbonyl (C=O) groups is 1. The van der Waals surface area contributed by atoms with Crippen LogP contribution in [0.5, 0.6) is 0 Å². The summed E-state index contributed by atoms with van der Waals surface area (Å²) in [6.07, 6.45) is 3.48. The summed E-state index contributed by atoms with van der Waals surface area (Å²) >= 11 is 1.67. The first-order chi connectivity index (χ1) is 10.1. The number of hydrogen-bond donors (Lipinski definition) is 0. The fraction of sp³-hybridized carbons (Fsp3) is 0.750. The topological polar surface area (TPSA) is 42.4 Å². The first-order valence-corrected chi connectivity index (χ1v) is 8.87. The molecule has 0 spiro atoms. The van der Waals surface area contributed by atoms with Crippen LogP contribution in [0.15, 0.2) is 5.38 Å². The number of nitrogens with zero attached hydrogens (tertiary/aromatic N) is 2. The molecule has 21 heavy (non-hydrogen) atoms. The minimum Gasteiger partial charge on any atom is -0.466 e. The highest BCUT2D eigenvalue weighted by atomic mass is 32.1. The van der Waals surface area contributed by atoms with Crippen molar-refractivity contribution in [2.75, 3.05) is 24.6 Å². The van der Waals surface area contributed by atoms with Crippen LogP contribution in [0.2, 0.25) is 0 Å². The van der Waals surface area contributed by atoms with Gasteiger partial charge in [0.25, 0.3) is 0 Å². The minimum absolute atomic E-state index is 0.142. The Morgan fingerprint density at radius 2 is 2.05 bits per heavy atom. The largest absolute Gasteiger partial charge is 0.466 e. The van der Waals surface area contributed by atoms with Crippen molar-refractivity contribution in [1.82, 2.24) is 4.98 Å². The molecule has 120 valence electrons. The molecule has 1 aromatic rings. The van der Waals surface area contributed by atoms with Gasteiger partial charge in [0.05, 0.1) is 18.7 Å². The Morgan fingerprint density at radius 1 is 1.33 bits per heavy atom. The molecule has 0 bridgehead atoms. The Labute approximate surface area is 132 Å². The third kappa shape index (κ3) is 6.04. The molecule has 0 fully saturated rings. The molecule has 4 nitrogen and oxygen atoms in total. The minimum atomic E-state index is -0.142. The molecule has 0 saturated carbocycles. The van der Waals surface area contributed by atoms with Gasteiger partial charge in [-0.15, -0.1) is 11.3 Å². The van der Waals surface area contributed by atoms with Crippen molar-refractivity contribution in [3.05, 3.63) is 11.1 Å². The van der Waals surface area contributed by atoms with Gasteiger partial charge in [-0.25, -0.2) is 4.98 Å². The number of aryl methyl sites for hydroxylation is 1. The number of aromatic nitrogens is 1. The smallest absolute Gasteiger partial charge is 0.306 e. The molecule has 5 heteroatoms. The highest BCUT2D eigenvalue weighted by Gasteiger charge is 2.14. The normalized spacial score (nSPS) is 10.9. The fourth-order valence-corrected chi connectivity index (χ4v) is 3.16. The van der Waals surface area contributed by atoms with Crippen molar-refractivity contribution in [3.8, 4) is 0 Å². The lowest BCUT2D eigenvalue weighted by atomic mass is 10.0. The summed E-state index contributed by atoms with van der Waals surface area (Å²) in [6, 6.07) is 0. The number of esters is 1. The van der Waals surface area contributed by atoms with Gasteiger partial charge in [-0.05, 0) is 19.8 Å². The van der Waals surface area contributed by atoms with Crippen LogP contribution in [0.3, 0.4) is 0 Å². The van der Waals surface area contributed by atoms with Gasteiger partial charge in [0.1, 0.15) is 0 Å². The van der Waals surface area contributed by atoms with E-state index in [1.807, 2.05) is 6.92 Å². The molecule has 1 rings (SSSR count). The average Bonchev–Trinajstić information content (AvgIpc) is 2.96. The predicted octanol–water partition coefficient (Wildman–Crippen LogP) is 3.90. The first kappa shape index (κ1) is 18.0. The Hall–Kier alpha value is -1.10. The van der Waals surface area contributed by atoms with Gasteiger partial charge in [0.15, 0.2) is 5.13 Å². The van der Waals surface area contributed by atoms with Gasteiger partial charge in [-0.2, -0.15) is 0 Å². The van der Waals surface area contributed by atoms with Gasteiger partial charge in [-0.3, -0.25) is 4.79 Å². The molecule has 0 saturated heterocycles. The standard InChI is InChI=1S/C16H28N2O2S/c1-5-13(6-2)11-18(7-3)16-17-14(12-21-16)9-10-15(19)20-8-4/h12-13H,5-11H2,1-4H3.